The highest BCUT2D eigenvalue weighted by Gasteiger charge is 2.11. The van der Waals surface area contributed by atoms with Crippen LogP contribution in [-0.2, 0) is 14.3 Å². The van der Waals surface area contributed by atoms with Gasteiger partial charge in [-0.2, -0.15) is 0 Å². The van der Waals surface area contributed by atoms with Crippen LogP contribution in [0.25, 0.3) is 0 Å². The molecule has 0 saturated heterocycles. The Bertz CT molecular complexity index is 813. The number of nitrogens with one attached hydrogen (secondary N) is 2. The molecule has 2 aromatic carbocycles. The average Bonchev–Trinajstić information content (AvgIpc) is 2.64. The Labute approximate surface area is 158 Å². The summed E-state index contributed by atoms with van der Waals surface area (Å²) in [4.78, 5) is 35.5. The molecular formula is C21H24N2O4. The lowest BCUT2D eigenvalue weighted by atomic mass is 10.0. The van der Waals surface area contributed by atoms with Crippen LogP contribution in [-0.4, -0.2) is 30.9 Å². The fraction of sp³-hybridized carbons (Fsp3) is 0.286. The Morgan fingerprint density at radius 2 is 1.74 bits per heavy atom. The lowest BCUT2D eigenvalue weighted by Crippen LogP contribution is -2.32. The minimum atomic E-state index is -0.679. The van der Waals surface area contributed by atoms with Crippen LogP contribution in [0, 0.1) is 6.92 Å². The lowest BCUT2D eigenvalue weighted by Gasteiger charge is -2.09. The smallest absolute Gasteiger partial charge is 0.325 e. The largest absolute Gasteiger partial charge is 0.454 e. The molecule has 2 N–H and O–H groups in total. The number of carbonyl (C=O) groups is 3. The Morgan fingerprint density at radius 3 is 2.37 bits per heavy atom. The molecule has 0 unspecified atom stereocenters. The molecule has 0 saturated carbocycles. The van der Waals surface area contributed by atoms with Crippen molar-refractivity contribution >= 4 is 23.5 Å². The van der Waals surface area contributed by atoms with Gasteiger partial charge in [0.05, 0.1) is 0 Å². The second-order valence-corrected chi connectivity index (χ2v) is 6.54. The van der Waals surface area contributed by atoms with Gasteiger partial charge in [-0.15, -0.1) is 0 Å². The van der Waals surface area contributed by atoms with Crippen molar-refractivity contribution in [3.63, 3.8) is 0 Å². The standard InChI is InChI=1S/C21H24N2O4/c1-14(2)16-7-9-18(10-8-16)23-19(24)13-27-20(25)12-22-21(26)17-6-4-5-15(3)11-17/h4-11,14H,12-13H2,1-3H3,(H,22,26)(H,23,24). The fourth-order valence-electron chi connectivity index (χ4n) is 2.39. The zero-order chi connectivity index (χ0) is 19.8. The molecule has 0 fully saturated rings. The SMILES string of the molecule is Cc1cccc(C(=O)NCC(=O)OCC(=O)Nc2ccc(C(C)C)cc2)c1. The van der Waals surface area contributed by atoms with E-state index in [1.807, 2.05) is 25.1 Å². The van der Waals surface area contributed by atoms with E-state index in [0.29, 0.717) is 17.2 Å². The van der Waals surface area contributed by atoms with Gasteiger partial charge in [-0.25, -0.2) is 0 Å². The van der Waals surface area contributed by atoms with Crippen LogP contribution in [0.5, 0.6) is 0 Å². The quantitative estimate of drug-likeness (QED) is 0.736. The van der Waals surface area contributed by atoms with E-state index in [-0.39, 0.29) is 12.5 Å². The first kappa shape index (κ1) is 20.2. The maximum absolute atomic E-state index is 12.0. The maximum atomic E-state index is 12.0. The number of ether oxygens (including phenoxy) is 1. The van der Waals surface area contributed by atoms with Crippen LogP contribution in [0.15, 0.2) is 48.5 Å². The minimum absolute atomic E-state index is 0.302. The van der Waals surface area contributed by atoms with Gasteiger partial charge >= 0.3 is 5.97 Å². The van der Waals surface area contributed by atoms with E-state index in [1.54, 1.807) is 30.3 Å². The van der Waals surface area contributed by atoms with Crippen molar-refractivity contribution < 1.29 is 19.1 Å². The summed E-state index contributed by atoms with van der Waals surface area (Å²) in [5, 5.41) is 5.13. The summed E-state index contributed by atoms with van der Waals surface area (Å²) < 4.78 is 4.88. The molecule has 0 spiro atoms. The van der Waals surface area contributed by atoms with Crippen molar-refractivity contribution in [3.8, 4) is 0 Å². The first-order chi connectivity index (χ1) is 12.8. The number of hydrogen-bond donors (Lipinski definition) is 2. The van der Waals surface area contributed by atoms with E-state index in [9.17, 15) is 14.4 Å². The highest BCUT2D eigenvalue weighted by atomic mass is 16.5. The number of hydrogen-bond acceptors (Lipinski definition) is 4. The molecule has 2 aromatic rings. The van der Waals surface area contributed by atoms with Gasteiger partial charge in [0.25, 0.3) is 11.8 Å². The molecule has 27 heavy (non-hydrogen) atoms. The van der Waals surface area contributed by atoms with Crippen molar-refractivity contribution in [2.75, 3.05) is 18.5 Å². The second kappa shape index (κ2) is 9.52. The molecule has 0 aliphatic carbocycles. The summed E-state index contributed by atoms with van der Waals surface area (Å²) in [7, 11) is 0. The highest BCUT2D eigenvalue weighted by molar-refractivity contribution is 5.96. The van der Waals surface area contributed by atoms with Crippen LogP contribution in [0.3, 0.4) is 0 Å². The van der Waals surface area contributed by atoms with Crippen molar-refractivity contribution in [3.05, 3.63) is 65.2 Å². The number of anilines is 1. The van der Waals surface area contributed by atoms with Crippen molar-refractivity contribution in [1.82, 2.24) is 5.32 Å². The minimum Gasteiger partial charge on any atom is -0.454 e. The predicted octanol–water partition coefficient (Wildman–Crippen LogP) is 3.03. The lowest BCUT2D eigenvalue weighted by molar-refractivity contribution is -0.146. The Kier molecular flexibility index (Phi) is 7.11. The number of esters is 1. The van der Waals surface area contributed by atoms with Gasteiger partial charge in [-0.05, 0) is 42.7 Å². The van der Waals surface area contributed by atoms with Crippen LogP contribution in [0.4, 0.5) is 5.69 Å². The van der Waals surface area contributed by atoms with Crippen LogP contribution in [0.1, 0.15) is 41.3 Å². The third-order valence-corrected chi connectivity index (χ3v) is 3.90. The fourth-order valence-corrected chi connectivity index (χ4v) is 2.39. The number of aryl methyl sites for hydroxylation is 1. The van der Waals surface area contributed by atoms with E-state index in [4.69, 9.17) is 4.74 Å². The number of rotatable bonds is 7. The average molecular weight is 368 g/mol. The molecule has 142 valence electrons. The normalized spacial score (nSPS) is 10.4. The molecule has 0 aliphatic heterocycles. The molecule has 0 heterocycles. The summed E-state index contributed by atoms with van der Waals surface area (Å²) in [6, 6.07) is 14.5. The van der Waals surface area contributed by atoms with Crippen molar-refractivity contribution in [2.45, 2.75) is 26.7 Å². The molecule has 0 radical (unpaired) electrons. The first-order valence-electron chi connectivity index (χ1n) is 8.75. The summed E-state index contributed by atoms with van der Waals surface area (Å²) in [5.41, 5.74) is 3.21. The van der Waals surface area contributed by atoms with Crippen LogP contribution >= 0.6 is 0 Å². The van der Waals surface area contributed by atoms with Crippen LogP contribution in [0.2, 0.25) is 0 Å². The molecular weight excluding hydrogens is 344 g/mol. The van der Waals surface area contributed by atoms with Gasteiger partial charge in [-0.1, -0.05) is 43.7 Å². The second-order valence-electron chi connectivity index (χ2n) is 6.54. The maximum Gasteiger partial charge on any atom is 0.325 e. The van der Waals surface area contributed by atoms with E-state index in [1.165, 1.54) is 5.56 Å². The Morgan fingerprint density at radius 1 is 1.04 bits per heavy atom. The highest BCUT2D eigenvalue weighted by Crippen LogP contribution is 2.17. The van der Waals surface area contributed by atoms with Gasteiger partial charge in [0.2, 0.25) is 0 Å². The molecule has 2 amide bonds. The molecule has 2 rings (SSSR count). The summed E-state index contributed by atoms with van der Waals surface area (Å²) in [6.07, 6.45) is 0. The summed E-state index contributed by atoms with van der Waals surface area (Å²) >= 11 is 0. The topological polar surface area (TPSA) is 84.5 Å². The summed E-state index contributed by atoms with van der Waals surface area (Å²) in [5.74, 6) is -1.08. The Balaban J connectivity index is 1.73. The van der Waals surface area contributed by atoms with E-state index in [0.717, 1.165) is 5.56 Å². The first-order valence-corrected chi connectivity index (χ1v) is 8.75. The van der Waals surface area contributed by atoms with Gasteiger partial charge < -0.3 is 15.4 Å². The third kappa shape index (κ3) is 6.58. The summed E-state index contributed by atoms with van der Waals surface area (Å²) in [6.45, 7) is 5.34. The molecule has 6 nitrogen and oxygen atoms in total. The molecule has 6 heteroatoms. The molecule has 0 aromatic heterocycles. The molecule has 0 bridgehead atoms. The van der Waals surface area contributed by atoms with Gasteiger partial charge in [-0.3, -0.25) is 14.4 Å². The number of benzene rings is 2. The zero-order valence-corrected chi connectivity index (χ0v) is 15.7. The predicted molar refractivity (Wildman–Crippen MR) is 104 cm³/mol. The number of carbonyl (C=O) groups excluding carboxylic acids is 3. The van der Waals surface area contributed by atoms with E-state index >= 15 is 0 Å². The third-order valence-electron chi connectivity index (χ3n) is 3.90. The van der Waals surface area contributed by atoms with E-state index in [2.05, 4.69) is 24.5 Å². The van der Waals surface area contributed by atoms with Crippen molar-refractivity contribution in [2.24, 2.45) is 0 Å². The molecule has 0 aliphatic rings. The monoisotopic (exact) mass is 368 g/mol. The Hall–Kier alpha value is -3.15. The number of amides is 2. The van der Waals surface area contributed by atoms with Gasteiger partial charge in [0.15, 0.2) is 6.61 Å². The molecule has 0 atom stereocenters. The van der Waals surface area contributed by atoms with E-state index < -0.39 is 18.5 Å². The zero-order valence-electron chi connectivity index (χ0n) is 15.7. The van der Waals surface area contributed by atoms with Gasteiger partial charge in [0.1, 0.15) is 6.54 Å². The van der Waals surface area contributed by atoms with Gasteiger partial charge in [0, 0.05) is 11.3 Å². The van der Waals surface area contributed by atoms with Crippen molar-refractivity contribution in [1.29, 1.82) is 0 Å². The van der Waals surface area contributed by atoms with Crippen LogP contribution < -0.4 is 10.6 Å².